The first-order valence-corrected chi connectivity index (χ1v) is 11.0. The van der Waals surface area contributed by atoms with Crippen LogP contribution in [0.4, 0.5) is 5.69 Å². The number of amides is 1. The highest BCUT2D eigenvalue weighted by Crippen LogP contribution is 2.40. The fraction of sp³-hybridized carbons (Fsp3) is 0.375. The quantitative estimate of drug-likeness (QED) is 0.519. The largest absolute Gasteiger partial charge is 0.462 e. The third-order valence-electron chi connectivity index (χ3n) is 5.31. The van der Waals surface area contributed by atoms with E-state index >= 15 is 0 Å². The average molecular weight is 450 g/mol. The number of aromatic nitrogens is 3. The van der Waals surface area contributed by atoms with Crippen molar-refractivity contribution in [3.05, 3.63) is 53.3 Å². The molecule has 3 aromatic rings. The highest BCUT2D eigenvalue weighted by molar-refractivity contribution is 6.04. The van der Waals surface area contributed by atoms with Gasteiger partial charge in [0.15, 0.2) is 12.3 Å². The molecule has 1 saturated carbocycles. The molecular formula is C24H26N4O5. The molecule has 0 spiro atoms. The Morgan fingerprint density at radius 1 is 1.12 bits per heavy atom. The first kappa shape index (κ1) is 22.4. The molecule has 1 fully saturated rings. The molecule has 33 heavy (non-hydrogen) atoms. The number of fused-ring (bicyclic) bond motifs is 1. The number of hydrogen-bond donors (Lipinski definition) is 1. The molecule has 2 heterocycles. The summed E-state index contributed by atoms with van der Waals surface area (Å²) in [6, 6.07) is 8.12. The van der Waals surface area contributed by atoms with Gasteiger partial charge in [-0.3, -0.25) is 4.79 Å². The Labute approximate surface area is 191 Å². The van der Waals surface area contributed by atoms with Crippen molar-refractivity contribution in [1.82, 2.24) is 14.8 Å². The lowest BCUT2D eigenvalue weighted by Gasteiger charge is -2.10. The summed E-state index contributed by atoms with van der Waals surface area (Å²) in [6.45, 7) is 5.57. The second kappa shape index (κ2) is 9.40. The minimum absolute atomic E-state index is 0.0920. The Kier molecular flexibility index (Phi) is 6.39. The van der Waals surface area contributed by atoms with Gasteiger partial charge in [-0.25, -0.2) is 19.3 Å². The maximum atomic E-state index is 12.9. The number of carbonyl (C=O) groups is 3. The molecule has 1 amide bonds. The Bertz CT molecular complexity index is 1200. The molecule has 0 bridgehead atoms. The van der Waals surface area contributed by atoms with Crippen LogP contribution in [0.2, 0.25) is 0 Å². The molecule has 4 rings (SSSR count). The first-order valence-electron chi connectivity index (χ1n) is 11.0. The topological polar surface area (TPSA) is 112 Å². The predicted octanol–water partition coefficient (Wildman–Crippen LogP) is 3.86. The molecule has 0 unspecified atom stereocenters. The second-order valence-electron chi connectivity index (χ2n) is 8.21. The lowest BCUT2D eigenvalue weighted by atomic mass is 10.1. The number of ether oxygens (including phenoxy) is 2. The maximum Gasteiger partial charge on any atom is 0.339 e. The van der Waals surface area contributed by atoms with E-state index in [0.717, 1.165) is 18.5 Å². The van der Waals surface area contributed by atoms with Crippen LogP contribution in [0.5, 0.6) is 0 Å². The standard InChI is InChI=1S/C24H26N4O5/c1-4-32-23(30)16-7-9-17(10-8-16)26-21(29)13-33-24(31)18-11-20(15-5-6-15)27-22-19(18)12-25-28(22)14(2)3/h7-12,14-15H,4-6,13H2,1-3H3,(H,26,29). The fourth-order valence-corrected chi connectivity index (χ4v) is 3.48. The van der Waals surface area contributed by atoms with Crippen LogP contribution in [0.1, 0.15) is 72.0 Å². The van der Waals surface area contributed by atoms with Gasteiger partial charge in [0.1, 0.15) is 0 Å². The summed E-state index contributed by atoms with van der Waals surface area (Å²) >= 11 is 0. The van der Waals surface area contributed by atoms with E-state index in [4.69, 9.17) is 14.5 Å². The van der Waals surface area contributed by atoms with Gasteiger partial charge in [-0.15, -0.1) is 0 Å². The number of benzene rings is 1. The fourth-order valence-electron chi connectivity index (χ4n) is 3.48. The van der Waals surface area contributed by atoms with E-state index in [1.165, 1.54) is 0 Å². The highest BCUT2D eigenvalue weighted by Gasteiger charge is 2.28. The number of anilines is 1. The van der Waals surface area contributed by atoms with Gasteiger partial charge >= 0.3 is 11.9 Å². The van der Waals surface area contributed by atoms with E-state index in [1.54, 1.807) is 48.1 Å². The summed E-state index contributed by atoms with van der Waals surface area (Å²) < 4.78 is 12.0. The van der Waals surface area contributed by atoms with E-state index < -0.39 is 24.5 Å². The van der Waals surface area contributed by atoms with Crippen molar-refractivity contribution in [2.45, 2.75) is 45.6 Å². The molecule has 9 nitrogen and oxygen atoms in total. The summed E-state index contributed by atoms with van der Waals surface area (Å²) in [5, 5.41) is 7.63. The van der Waals surface area contributed by atoms with E-state index in [-0.39, 0.29) is 12.6 Å². The summed E-state index contributed by atoms with van der Waals surface area (Å²) in [4.78, 5) is 41.6. The zero-order valence-electron chi connectivity index (χ0n) is 18.8. The minimum atomic E-state index is -0.597. The van der Waals surface area contributed by atoms with Crippen molar-refractivity contribution in [1.29, 1.82) is 0 Å². The third kappa shape index (κ3) is 5.02. The van der Waals surface area contributed by atoms with Crippen molar-refractivity contribution in [3.63, 3.8) is 0 Å². The third-order valence-corrected chi connectivity index (χ3v) is 5.31. The molecular weight excluding hydrogens is 424 g/mol. The average Bonchev–Trinajstić information content (AvgIpc) is 3.56. The van der Waals surface area contributed by atoms with Crippen molar-refractivity contribution in [2.75, 3.05) is 18.5 Å². The van der Waals surface area contributed by atoms with Crippen LogP contribution in [0, 0.1) is 0 Å². The van der Waals surface area contributed by atoms with Crippen LogP contribution in [0.25, 0.3) is 11.0 Å². The number of pyridine rings is 1. The lowest BCUT2D eigenvalue weighted by molar-refractivity contribution is -0.119. The number of rotatable bonds is 8. The summed E-state index contributed by atoms with van der Waals surface area (Å²) in [5.74, 6) is -1.17. The number of nitrogens with zero attached hydrogens (tertiary/aromatic N) is 3. The molecule has 1 aliphatic rings. The first-order chi connectivity index (χ1) is 15.9. The number of esters is 2. The lowest BCUT2D eigenvalue weighted by Crippen LogP contribution is -2.21. The van der Waals surface area contributed by atoms with Crippen molar-refractivity contribution in [2.24, 2.45) is 0 Å². The molecule has 9 heteroatoms. The van der Waals surface area contributed by atoms with E-state index in [2.05, 4.69) is 10.4 Å². The Balaban J connectivity index is 1.43. The van der Waals surface area contributed by atoms with Crippen LogP contribution in [0.3, 0.4) is 0 Å². The molecule has 1 aliphatic carbocycles. The summed E-state index contributed by atoms with van der Waals surface area (Å²) in [5.41, 5.74) is 2.72. The number of nitrogens with one attached hydrogen (secondary N) is 1. The van der Waals surface area contributed by atoms with E-state index in [1.807, 2.05) is 13.8 Å². The molecule has 172 valence electrons. The smallest absolute Gasteiger partial charge is 0.339 e. The van der Waals surface area contributed by atoms with Crippen molar-refractivity contribution in [3.8, 4) is 0 Å². The second-order valence-corrected chi connectivity index (χ2v) is 8.21. The molecule has 0 saturated heterocycles. The predicted molar refractivity (Wildman–Crippen MR) is 121 cm³/mol. The normalized spacial score (nSPS) is 13.2. The van der Waals surface area contributed by atoms with Gasteiger partial charge < -0.3 is 14.8 Å². The molecule has 0 radical (unpaired) electrons. The van der Waals surface area contributed by atoms with E-state index in [9.17, 15) is 14.4 Å². The minimum Gasteiger partial charge on any atom is -0.462 e. The monoisotopic (exact) mass is 450 g/mol. The van der Waals surface area contributed by atoms with Crippen LogP contribution in [-0.4, -0.2) is 45.8 Å². The van der Waals surface area contributed by atoms with Crippen LogP contribution >= 0.6 is 0 Å². The number of hydrogen-bond acceptors (Lipinski definition) is 7. The highest BCUT2D eigenvalue weighted by atomic mass is 16.5. The van der Waals surface area contributed by atoms with Crippen molar-refractivity contribution < 1.29 is 23.9 Å². The van der Waals surface area contributed by atoms with Gasteiger partial charge in [-0.05, 0) is 63.9 Å². The Morgan fingerprint density at radius 2 is 1.85 bits per heavy atom. The van der Waals surface area contributed by atoms with Gasteiger partial charge in [0.25, 0.3) is 5.91 Å². The summed E-state index contributed by atoms with van der Waals surface area (Å²) in [6.07, 6.45) is 3.70. The van der Waals surface area contributed by atoms with Gasteiger partial charge in [-0.1, -0.05) is 0 Å². The molecule has 2 aromatic heterocycles. The molecule has 1 aromatic carbocycles. The molecule has 0 atom stereocenters. The Hall–Kier alpha value is -3.75. The molecule has 1 N–H and O–H groups in total. The van der Waals surface area contributed by atoms with Crippen LogP contribution in [-0.2, 0) is 14.3 Å². The maximum absolute atomic E-state index is 12.9. The van der Waals surface area contributed by atoms with Gasteiger partial charge in [0, 0.05) is 23.3 Å². The number of carbonyl (C=O) groups excluding carboxylic acids is 3. The summed E-state index contributed by atoms with van der Waals surface area (Å²) in [7, 11) is 0. The Morgan fingerprint density at radius 3 is 2.48 bits per heavy atom. The SMILES string of the molecule is CCOC(=O)c1ccc(NC(=O)COC(=O)c2cc(C3CC3)nc3c2cnn3C(C)C)cc1. The van der Waals surface area contributed by atoms with Gasteiger partial charge in [0.05, 0.1) is 29.3 Å². The van der Waals surface area contributed by atoms with Crippen LogP contribution in [0.15, 0.2) is 36.5 Å². The van der Waals surface area contributed by atoms with Gasteiger partial charge in [0.2, 0.25) is 0 Å². The van der Waals surface area contributed by atoms with Crippen LogP contribution < -0.4 is 5.32 Å². The zero-order chi connectivity index (χ0) is 23.5. The molecule has 0 aliphatic heterocycles. The van der Waals surface area contributed by atoms with Crippen molar-refractivity contribution >= 4 is 34.6 Å². The zero-order valence-corrected chi connectivity index (χ0v) is 18.8. The van der Waals surface area contributed by atoms with Gasteiger partial charge in [-0.2, -0.15) is 5.10 Å². The van der Waals surface area contributed by atoms with E-state index in [0.29, 0.717) is 33.8 Å².